The van der Waals surface area contributed by atoms with Crippen LogP contribution in [0.4, 0.5) is 0 Å². The molecule has 0 aromatic heterocycles. The lowest BCUT2D eigenvalue weighted by atomic mass is 10.1. The predicted octanol–water partition coefficient (Wildman–Crippen LogP) is 1.30. The van der Waals surface area contributed by atoms with Crippen LogP contribution in [0.5, 0.6) is 0 Å². The molecule has 0 aliphatic carbocycles. The Hall–Kier alpha value is -1.96. The van der Waals surface area contributed by atoms with Crippen molar-refractivity contribution in [1.29, 1.82) is 0 Å². The van der Waals surface area contributed by atoms with E-state index in [0.717, 1.165) is 5.56 Å². The van der Waals surface area contributed by atoms with Crippen molar-refractivity contribution in [1.82, 2.24) is 5.32 Å². The van der Waals surface area contributed by atoms with Crippen LogP contribution in [0.25, 0.3) is 0 Å². The maximum atomic E-state index is 12.2. The maximum absolute atomic E-state index is 12.2. The highest BCUT2D eigenvalue weighted by molar-refractivity contribution is 5.87. The van der Waals surface area contributed by atoms with Gasteiger partial charge in [0.25, 0.3) is 0 Å². The van der Waals surface area contributed by atoms with Gasteiger partial charge in [0.1, 0.15) is 6.04 Å². The highest BCUT2D eigenvalue weighted by Gasteiger charge is 2.28. The number of nitrogens with one attached hydrogen (secondary N) is 1. The number of ether oxygens (including phenoxy) is 2. The normalized spacial score (nSPS) is 15.2. The van der Waals surface area contributed by atoms with Gasteiger partial charge in [-0.1, -0.05) is 30.3 Å². The van der Waals surface area contributed by atoms with E-state index in [-0.39, 0.29) is 6.61 Å². The Labute approximate surface area is 148 Å². The number of hydrogen-bond acceptors (Lipinski definition) is 5. The van der Waals surface area contributed by atoms with E-state index in [4.69, 9.17) is 15.2 Å². The number of benzene rings is 1. The van der Waals surface area contributed by atoms with Gasteiger partial charge in [0.2, 0.25) is 5.91 Å². The molecule has 7 nitrogen and oxygen atoms in total. The average molecular weight is 352 g/mol. The first-order chi connectivity index (χ1) is 11.6. The summed E-state index contributed by atoms with van der Waals surface area (Å²) in [6.45, 7) is 7.26. The van der Waals surface area contributed by atoms with E-state index in [9.17, 15) is 14.7 Å². The first-order valence-electron chi connectivity index (χ1n) is 8.18. The van der Waals surface area contributed by atoms with Gasteiger partial charge in [0.05, 0.1) is 24.9 Å². The smallest absolute Gasteiger partial charge is 0.328 e. The molecule has 0 unspecified atom stereocenters. The fraction of sp³-hybridized carbons (Fsp3) is 0.556. The minimum atomic E-state index is -1.18. The van der Waals surface area contributed by atoms with E-state index in [0.29, 0.717) is 6.61 Å². The fourth-order valence-corrected chi connectivity index (χ4v) is 1.89. The van der Waals surface area contributed by atoms with Gasteiger partial charge in [0, 0.05) is 0 Å². The molecule has 1 rings (SSSR count). The van der Waals surface area contributed by atoms with Crippen LogP contribution in [-0.2, 0) is 25.7 Å². The Balaban J connectivity index is 2.53. The summed E-state index contributed by atoms with van der Waals surface area (Å²) in [4.78, 5) is 23.5. The molecular formula is C18H28N2O5. The van der Waals surface area contributed by atoms with E-state index >= 15 is 0 Å². The summed E-state index contributed by atoms with van der Waals surface area (Å²) in [5.74, 6) is -1.77. The van der Waals surface area contributed by atoms with Gasteiger partial charge in [-0.05, 0) is 33.3 Å². The van der Waals surface area contributed by atoms with Crippen molar-refractivity contribution >= 4 is 11.9 Å². The zero-order chi connectivity index (χ0) is 19.0. The lowest BCUT2D eigenvalue weighted by molar-refractivity contribution is -0.146. The molecule has 7 heteroatoms. The molecule has 1 aromatic rings. The first kappa shape index (κ1) is 21.1. The number of carbonyl (C=O) groups excluding carboxylic acids is 1. The summed E-state index contributed by atoms with van der Waals surface area (Å²) >= 11 is 0. The summed E-state index contributed by atoms with van der Waals surface area (Å²) in [6.07, 6.45) is -0.571. The highest BCUT2D eigenvalue weighted by atomic mass is 16.5. The monoisotopic (exact) mass is 352 g/mol. The Morgan fingerprint density at radius 2 is 1.84 bits per heavy atom. The summed E-state index contributed by atoms with van der Waals surface area (Å²) in [7, 11) is 0. The van der Waals surface area contributed by atoms with Crippen molar-refractivity contribution in [2.24, 2.45) is 5.73 Å². The number of carbonyl (C=O) groups is 2. The number of nitrogens with two attached hydrogens (primary N) is 1. The molecule has 140 valence electrons. The molecule has 3 atom stereocenters. The van der Waals surface area contributed by atoms with E-state index < -0.39 is 35.7 Å². The second-order valence-corrected chi connectivity index (χ2v) is 6.85. The predicted molar refractivity (Wildman–Crippen MR) is 93.9 cm³/mol. The third-order valence-electron chi connectivity index (χ3n) is 3.46. The summed E-state index contributed by atoms with van der Waals surface area (Å²) < 4.78 is 11.0. The van der Waals surface area contributed by atoms with Gasteiger partial charge in [-0.25, -0.2) is 4.79 Å². The van der Waals surface area contributed by atoms with Crippen LogP contribution in [0.15, 0.2) is 30.3 Å². The number of carboxylic acid groups (broad SMARTS) is 1. The standard InChI is InChI=1S/C18H28N2O5/c1-12(24-10-13-8-6-5-7-9-13)15(19)16(21)20-14(17(22)23)11-25-18(2,3)4/h5-9,12,14-15H,10-11,19H2,1-4H3,(H,20,21)(H,22,23)/t12-,14+,15+/m1/s1. The van der Waals surface area contributed by atoms with Crippen molar-refractivity contribution in [3.63, 3.8) is 0 Å². The topological polar surface area (TPSA) is 111 Å². The first-order valence-corrected chi connectivity index (χ1v) is 8.18. The van der Waals surface area contributed by atoms with Crippen LogP contribution < -0.4 is 11.1 Å². The zero-order valence-electron chi connectivity index (χ0n) is 15.2. The molecule has 1 amide bonds. The Bertz CT molecular complexity index is 556. The quantitative estimate of drug-likeness (QED) is 0.618. The van der Waals surface area contributed by atoms with Crippen molar-refractivity contribution < 1.29 is 24.2 Å². The zero-order valence-corrected chi connectivity index (χ0v) is 15.2. The molecule has 0 bridgehead atoms. The van der Waals surface area contributed by atoms with E-state index in [1.54, 1.807) is 27.7 Å². The largest absolute Gasteiger partial charge is 0.480 e. The molecule has 0 spiro atoms. The number of carboxylic acids is 1. The Morgan fingerprint density at radius 3 is 2.36 bits per heavy atom. The molecule has 0 fully saturated rings. The minimum absolute atomic E-state index is 0.142. The molecule has 0 heterocycles. The number of rotatable bonds is 9. The van der Waals surface area contributed by atoms with E-state index in [1.807, 2.05) is 30.3 Å². The van der Waals surface area contributed by atoms with Gasteiger partial charge in [-0.2, -0.15) is 0 Å². The molecule has 0 saturated carbocycles. The summed E-state index contributed by atoms with van der Waals surface area (Å²) in [5, 5.41) is 11.6. The Morgan fingerprint density at radius 1 is 1.24 bits per heavy atom. The van der Waals surface area contributed by atoms with Gasteiger partial charge >= 0.3 is 5.97 Å². The molecule has 0 saturated heterocycles. The highest BCUT2D eigenvalue weighted by Crippen LogP contribution is 2.08. The van der Waals surface area contributed by atoms with E-state index in [2.05, 4.69) is 5.32 Å². The fourth-order valence-electron chi connectivity index (χ4n) is 1.89. The summed E-state index contributed by atoms with van der Waals surface area (Å²) in [6, 6.07) is 7.34. The number of aliphatic carboxylic acids is 1. The molecule has 0 aliphatic heterocycles. The lowest BCUT2D eigenvalue weighted by Crippen LogP contribution is -2.54. The van der Waals surface area contributed by atoms with Crippen LogP contribution in [0.1, 0.15) is 33.3 Å². The van der Waals surface area contributed by atoms with Gasteiger partial charge in [-0.3, -0.25) is 4.79 Å². The molecule has 0 radical (unpaired) electrons. The Kier molecular flexibility index (Phi) is 8.02. The lowest BCUT2D eigenvalue weighted by Gasteiger charge is -2.25. The molecule has 0 aliphatic rings. The number of hydrogen-bond donors (Lipinski definition) is 3. The third kappa shape index (κ3) is 8.11. The van der Waals surface area contributed by atoms with Crippen LogP contribution in [0, 0.1) is 0 Å². The molecule has 25 heavy (non-hydrogen) atoms. The van der Waals surface area contributed by atoms with Gasteiger partial charge in [-0.15, -0.1) is 0 Å². The van der Waals surface area contributed by atoms with Crippen molar-refractivity contribution in [3.8, 4) is 0 Å². The van der Waals surface area contributed by atoms with Crippen LogP contribution in [0.2, 0.25) is 0 Å². The summed E-state index contributed by atoms with van der Waals surface area (Å²) in [5.41, 5.74) is 6.34. The molecular weight excluding hydrogens is 324 g/mol. The third-order valence-corrected chi connectivity index (χ3v) is 3.46. The van der Waals surface area contributed by atoms with Crippen LogP contribution in [-0.4, -0.2) is 47.4 Å². The van der Waals surface area contributed by atoms with Crippen LogP contribution in [0.3, 0.4) is 0 Å². The van der Waals surface area contributed by atoms with Gasteiger partial charge in [0.15, 0.2) is 6.04 Å². The molecule has 4 N–H and O–H groups in total. The second-order valence-electron chi connectivity index (χ2n) is 6.85. The second kappa shape index (κ2) is 9.50. The van der Waals surface area contributed by atoms with E-state index in [1.165, 1.54) is 0 Å². The van der Waals surface area contributed by atoms with Crippen molar-refractivity contribution in [2.75, 3.05) is 6.61 Å². The SMILES string of the molecule is C[C@@H](OCc1ccccc1)[C@H](N)C(=O)N[C@@H](COC(C)(C)C)C(=O)O. The van der Waals surface area contributed by atoms with Crippen molar-refractivity contribution in [3.05, 3.63) is 35.9 Å². The molecule has 1 aromatic carbocycles. The maximum Gasteiger partial charge on any atom is 0.328 e. The average Bonchev–Trinajstić information content (AvgIpc) is 2.55. The van der Waals surface area contributed by atoms with Crippen LogP contribution >= 0.6 is 0 Å². The number of amides is 1. The van der Waals surface area contributed by atoms with Gasteiger partial charge < -0.3 is 25.6 Å². The van der Waals surface area contributed by atoms with Crippen molar-refractivity contribution in [2.45, 2.75) is 58.1 Å². The minimum Gasteiger partial charge on any atom is -0.480 e.